The molecule has 0 radical (unpaired) electrons. The Hall–Kier alpha value is -2.75. The van der Waals surface area contributed by atoms with Crippen molar-refractivity contribution in [1.82, 2.24) is 0 Å². The van der Waals surface area contributed by atoms with Crippen molar-refractivity contribution in [3.63, 3.8) is 0 Å². The Bertz CT molecular complexity index is 712. The summed E-state index contributed by atoms with van der Waals surface area (Å²) < 4.78 is 10.5. The molecule has 124 valence electrons. The van der Waals surface area contributed by atoms with E-state index in [9.17, 15) is 4.79 Å². The molecule has 4 heteroatoms. The molecule has 0 spiro atoms. The standard InChI is InChI=1S/C20H21NO3/c1-23-12-11-17-13-18-9-5-6-10-19(18)21(14-17)20(22)24-15-16-7-3-2-4-8-16/h2-12,17H,13-15H2,1H3/t17-/m1/s1. The smallest absolute Gasteiger partial charge is 0.414 e. The van der Waals surface area contributed by atoms with E-state index in [0.717, 1.165) is 23.2 Å². The van der Waals surface area contributed by atoms with Crippen LogP contribution < -0.4 is 4.90 Å². The maximum Gasteiger partial charge on any atom is 0.414 e. The highest BCUT2D eigenvalue weighted by Gasteiger charge is 2.28. The average Bonchev–Trinajstić information content (AvgIpc) is 2.64. The zero-order valence-electron chi connectivity index (χ0n) is 13.7. The molecule has 1 atom stereocenters. The highest BCUT2D eigenvalue weighted by molar-refractivity contribution is 5.89. The minimum atomic E-state index is -0.318. The van der Waals surface area contributed by atoms with E-state index in [1.54, 1.807) is 18.3 Å². The van der Waals surface area contributed by atoms with E-state index in [1.807, 2.05) is 54.6 Å². The third-order valence-corrected chi connectivity index (χ3v) is 4.09. The summed E-state index contributed by atoms with van der Waals surface area (Å²) in [6.45, 7) is 0.863. The van der Waals surface area contributed by atoms with Crippen LogP contribution in [0.1, 0.15) is 11.1 Å². The second-order valence-corrected chi connectivity index (χ2v) is 5.81. The molecule has 3 rings (SSSR count). The topological polar surface area (TPSA) is 38.8 Å². The van der Waals surface area contributed by atoms with Crippen molar-refractivity contribution in [2.75, 3.05) is 18.6 Å². The minimum Gasteiger partial charge on any atom is -0.505 e. The molecule has 1 amide bonds. The van der Waals surface area contributed by atoms with Gasteiger partial charge >= 0.3 is 6.09 Å². The molecule has 1 heterocycles. The second kappa shape index (κ2) is 7.68. The van der Waals surface area contributed by atoms with Gasteiger partial charge < -0.3 is 9.47 Å². The monoisotopic (exact) mass is 323 g/mol. The normalized spacial score (nSPS) is 16.7. The average molecular weight is 323 g/mol. The molecule has 0 saturated heterocycles. The number of ether oxygens (including phenoxy) is 2. The number of rotatable bonds is 4. The van der Waals surface area contributed by atoms with E-state index in [0.29, 0.717) is 6.54 Å². The summed E-state index contributed by atoms with van der Waals surface area (Å²) in [5.41, 5.74) is 3.05. The van der Waals surface area contributed by atoms with E-state index in [1.165, 1.54) is 0 Å². The lowest BCUT2D eigenvalue weighted by Crippen LogP contribution is -2.39. The van der Waals surface area contributed by atoms with Gasteiger partial charge in [-0.15, -0.1) is 0 Å². The first-order chi connectivity index (χ1) is 11.8. The predicted octanol–water partition coefficient (Wildman–Crippen LogP) is 4.16. The summed E-state index contributed by atoms with van der Waals surface area (Å²) in [6, 6.07) is 17.7. The lowest BCUT2D eigenvalue weighted by Gasteiger charge is -2.32. The zero-order valence-corrected chi connectivity index (χ0v) is 13.7. The number of benzene rings is 2. The fourth-order valence-corrected chi connectivity index (χ4v) is 2.92. The van der Waals surface area contributed by atoms with Crippen molar-refractivity contribution in [1.29, 1.82) is 0 Å². The van der Waals surface area contributed by atoms with Crippen LogP contribution in [-0.4, -0.2) is 19.7 Å². The molecule has 1 aliphatic heterocycles. The molecule has 2 aromatic rings. The molecular weight excluding hydrogens is 302 g/mol. The predicted molar refractivity (Wildman–Crippen MR) is 93.8 cm³/mol. The van der Waals surface area contributed by atoms with Gasteiger partial charge in [-0.2, -0.15) is 0 Å². The van der Waals surface area contributed by atoms with Crippen LogP contribution in [-0.2, 0) is 22.5 Å². The Morgan fingerprint density at radius 3 is 2.71 bits per heavy atom. The minimum absolute atomic E-state index is 0.212. The quantitative estimate of drug-likeness (QED) is 0.793. The zero-order chi connectivity index (χ0) is 16.8. The third kappa shape index (κ3) is 3.77. The van der Waals surface area contributed by atoms with E-state index < -0.39 is 0 Å². The van der Waals surface area contributed by atoms with Crippen LogP contribution in [0.2, 0.25) is 0 Å². The number of hydrogen-bond donors (Lipinski definition) is 0. The van der Waals surface area contributed by atoms with Crippen LogP contribution >= 0.6 is 0 Å². The van der Waals surface area contributed by atoms with Crippen LogP contribution in [0.25, 0.3) is 0 Å². The summed E-state index contributed by atoms with van der Waals surface area (Å²) in [7, 11) is 1.62. The lowest BCUT2D eigenvalue weighted by molar-refractivity contribution is 0.146. The molecule has 0 unspecified atom stereocenters. The van der Waals surface area contributed by atoms with E-state index in [-0.39, 0.29) is 18.6 Å². The van der Waals surface area contributed by atoms with Gasteiger partial charge in [0.05, 0.1) is 19.1 Å². The summed E-state index contributed by atoms with van der Waals surface area (Å²) in [4.78, 5) is 14.3. The van der Waals surface area contributed by atoms with Crippen molar-refractivity contribution < 1.29 is 14.3 Å². The Morgan fingerprint density at radius 1 is 1.17 bits per heavy atom. The maximum atomic E-state index is 12.6. The summed E-state index contributed by atoms with van der Waals surface area (Å²) >= 11 is 0. The van der Waals surface area contributed by atoms with Gasteiger partial charge in [-0.1, -0.05) is 48.5 Å². The highest BCUT2D eigenvalue weighted by Crippen LogP contribution is 2.30. The fourth-order valence-electron chi connectivity index (χ4n) is 2.92. The van der Waals surface area contributed by atoms with E-state index in [4.69, 9.17) is 9.47 Å². The number of methoxy groups -OCH3 is 1. The van der Waals surface area contributed by atoms with Crippen molar-refractivity contribution in [3.05, 3.63) is 78.1 Å². The SMILES string of the molecule is COC=C[C@@H]1Cc2ccccc2N(C(=O)OCc2ccccc2)C1. The molecule has 0 aromatic heterocycles. The summed E-state index contributed by atoms with van der Waals surface area (Å²) in [6.07, 6.45) is 4.24. The number of fused-ring (bicyclic) bond motifs is 1. The number of hydrogen-bond acceptors (Lipinski definition) is 3. The van der Waals surface area contributed by atoms with Crippen LogP contribution in [0.5, 0.6) is 0 Å². The van der Waals surface area contributed by atoms with Gasteiger partial charge in [-0.25, -0.2) is 4.79 Å². The van der Waals surface area contributed by atoms with Crippen LogP contribution in [0.3, 0.4) is 0 Å². The molecule has 0 fully saturated rings. The van der Waals surface area contributed by atoms with Crippen LogP contribution in [0, 0.1) is 5.92 Å². The summed E-state index contributed by atoms with van der Waals surface area (Å²) in [5, 5.41) is 0. The number of amides is 1. The van der Waals surface area contributed by atoms with Crippen molar-refractivity contribution in [3.8, 4) is 0 Å². The molecule has 24 heavy (non-hydrogen) atoms. The Kier molecular flexibility index (Phi) is 5.16. The lowest BCUT2D eigenvalue weighted by atomic mass is 9.93. The molecular formula is C20H21NO3. The molecule has 2 aromatic carbocycles. The Balaban J connectivity index is 1.74. The van der Waals surface area contributed by atoms with Crippen LogP contribution in [0.15, 0.2) is 66.9 Å². The number of carbonyl (C=O) groups is 1. The molecule has 4 nitrogen and oxygen atoms in total. The molecule has 1 aliphatic rings. The van der Waals surface area contributed by atoms with Gasteiger partial charge in [0.1, 0.15) is 6.61 Å². The van der Waals surface area contributed by atoms with E-state index >= 15 is 0 Å². The fraction of sp³-hybridized carbons (Fsp3) is 0.250. The van der Waals surface area contributed by atoms with Crippen LogP contribution in [0.4, 0.5) is 10.5 Å². The number of para-hydroxylation sites is 1. The number of anilines is 1. The molecule has 0 bridgehead atoms. The first-order valence-electron chi connectivity index (χ1n) is 8.03. The third-order valence-electron chi connectivity index (χ3n) is 4.09. The number of carbonyl (C=O) groups excluding carboxylic acids is 1. The largest absolute Gasteiger partial charge is 0.505 e. The van der Waals surface area contributed by atoms with Gasteiger partial charge in [-0.05, 0) is 29.7 Å². The number of nitrogens with zero attached hydrogens (tertiary/aromatic N) is 1. The van der Waals surface area contributed by atoms with Crippen molar-refractivity contribution in [2.45, 2.75) is 13.0 Å². The molecule has 0 saturated carbocycles. The Morgan fingerprint density at radius 2 is 1.92 bits per heavy atom. The van der Waals surface area contributed by atoms with Gasteiger partial charge in [0.15, 0.2) is 0 Å². The van der Waals surface area contributed by atoms with Crippen molar-refractivity contribution in [2.24, 2.45) is 5.92 Å². The van der Waals surface area contributed by atoms with Gasteiger partial charge in [0.25, 0.3) is 0 Å². The first-order valence-corrected chi connectivity index (χ1v) is 8.03. The highest BCUT2D eigenvalue weighted by atomic mass is 16.6. The maximum absolute atomic E-state index is 12.6. The Labute approximate surface area is 142 Å². The van der Waals surface area contributed by atoms with Gasteiger partial charge in [0.2, 0.25) is 0 Å². The first kappa shape index (κ1) is 16.1. The molecule has 0 aliphatic carbocycles. The van der Waals surface area contributed by atoms with Crippen molar-refractivity contribution >= 4 is 11.8 Å². The van der Waals surface area contributed by atoms with E-state index in [2.05, 4.69) is 6.07 Å². The summed E-state index contributed by atoms with van der Waals surface area (Å²) in [5.74, 6) is 0.212. The van der Waals surface area contributed by atoms with Gasteiger partial charge in [0, 0.05) is 12.5 Å². The van der Waals surface area contributed by atoms with Gasteiger partial charge in [-0.3, -0.25) is 4.90 Å². The second-order valence-electron chi connectivity index (χ2n) is 5.81. The molecule has 0 N–H and O–H groups in total.